The van der Waals surface area contributed by atoms with Crippen molar-refractivity contribution in [3.63, 3.8) is 0 Å². The number of fused-ring (bicyclic) bond motifs is 2. The second-order valence-corrected chi connectivity index (χ2v) is 9.75. The first-order valence-corrected chi connectivity index (χ1v) is 12.0. The summed E-state index contributed by atoms with van der Waals surface area (Å²) in [6.07, 6.45) is 1.13. The fourth-order valence-electron chi connectivity index (χ4n) is 4.72. The molecule has 2 aromatic heterocycles. The van der Waals surface area contributed by atoms with Gasteiger partial charge < -0.3 is 15.1 Å². The van der Waals surface area contributed by atoms with E-state index in [-0.39, 0.29) is 17.1 Å². The number of allylic oxidation sites excluding steroid dienone is 1. The van der Waals surface area contributed by atoms with E-state index < -0.39 is 6.04 Å². The van der Waals surface area contributed by atoms with Gasteiger partial charge in [-0.1, -0.05) is 29.8 Å². The fourth-order valence-corrected chi connectivity index (χ4v) is 5.72. The van der Waals surface area contributed by atoms with Crippen LogP contribution in [0.25, 0.3) is 11.0 Å². The summed E-state index contributed by atoms with van der Waals surface area (Å²) in [7, 11) is 0. The molecule has 0 radical (unpaired) electrons. The monoisotopic (exact) mass is 474 g/mol. The maximum absolute atomic E-state index is 13.5. The van der Waals surface area contributed by atoms with Crippen LogP contribution in [0.3, 0.4) is 0 Å². The van der Waals surface area contributed by atoms with Crippen molar-refractivity contribution >= 4 is 51.1 Å². The number of hydrogen-bond acceptors (Lipinski definition) is 6. The van der Waals surface area contributed by atoms with Gasteiger partial charge in [-0.3, -0.25) is 9.59 Å². The van der Waals surface area contributed by atoms with Crippen molar-refractivity contribution in [3.8, 4) is 0 Å². The number of nitrogens with one attached hydrogen (secondary N) is 2. The summed E-state index contributed by atoms with van der Waals surface area (Å²) in [6.45, 7) is 0. The van der Waals surface area contributed by atoms with Gasteiger partial charge in [0.25, 0.3) is 0 Å². The fraction of sp³-hybridized carbons (Fsp3) is 0.154. The molecule has 2 aliphatic rings. The molecule has 1 aliphatic heterocycles. The molecule has 33 heavy (non-hydrogen) atoms. The Labute approximate surface area is 198 Å². The molecular weight excluding hydrogens is 456 g/mol. The highest BCUT2D eigenvalue weighted by atomic mass is 35.5. The molecule has 0 amide bonds. The van der Waals surface area contributed by atoms with Crippen LogP contribution in [0.1, 0.15) is 35.4 Å². The maximum Gasteiger partial charge on any atom is 0.193 e. The summed E-state index contributed by atoms with van der Waals surface area (Å²) in [5.74, 6) is 0.579. The molecule has 1 aliphatic carbocycles. The molecule has 0 unspecified atom stereocenters. The zero-order chi connectivity index (χ0) is 22.5. The number of carbonyl (C=O) groups is 1. The van der Waals surface area contributed by atoms with E-state index in [2.05, 4.69) is 16.7 Å². The van der Waals surface area contributed by atoms with Crippen molar-refractivity contribution in [3.05, 3.63) is 103 Å². The normalized spacial score (nSPS) is 20.0. The first kappa shape index (κ1) is 20.3. The third-order valence-electron chi connectivity index (χ3n) is 6.25. The molecule has 4 aromatic rings. The highest BCUT2D eigenvalue weighted by Crippen LogP contribution is 2.45. The summed E-state index contributed by atoms with van der Waals surface area (Å²) < 4.78 is 6.17. The standard InChI is InChI=1S/C26H19ClN2O3S/c27-15-7-8-22-16(12-15)20(30)13-23(32-22)26-25-19(28-17-4-1-2-5-18(17)29-26)10-14(11-21(25)31)24-6-3-9-33-24/h1-9,12-14,26,28-29H,10-11H2/t14-,26-/m1/s1. The molecule has 7 heteroatoms. The van der Waals surface area contributed by atoms with Crippen LogP contribution >= 0.6 is 22.9 Å². The van der Waals surface area contributed by atoms with Gasteiger partial charge in [0.05, 0.1) is 16.8 Å². The molecule has 0 saturated carbocycles. The lowest BCUT2D eigenvalue weighted by Crippen LogP contribution is -2.27. The van der Waals surface area contributed by atoms with Gasteiger partial charge in [0.15, 0.2) is 11.2 Å². The van der Waals surface area contributed by atoms with Gasteiger partial charge in [0.1, 0.15) is 17.4 Å². The number of carbonyl (C=O) groups excluding carboxylic acids is 1. The Hall–Kier alpha value is -3.35. The molecule has 3 heterocycles. The average Bonchev–Trinajstić information content (AvgIpc) is 3.28. The quantitative estimate of drug-likeness (QED) is 0.347. The average molecular weight is 475 g/mol. The van der Waals surface area contributed by atoms with Crippen molar-refractivity contribution in [1.82, 2.24) is 0 Å². The van der Waals surface area contributed by atoms with Crippen LogP contribution in [0.4, 0.5) is 11.4 Å². The summed E-state index contributed by atoms with van der Waals surface area (Å²) in [4.78, 5) is 27.7. The van der Waals surface area contributed by atoms with Gasteiger partial charge in [0.2, 0.25) is 0 Å². The second-order valence-electron chi connectivity index (χ2n) is 8.34. The number of anilines is 2. The van der Waals surface area contributed by atoms with Crippen LogP contribution in [-0.2, 0) is 4.79 Å². The van der Waals surface area contributed by atoms with Gasteiger partial charge in [-0.05, 0) is 48.2 Å². The van der Waals surface area contributed by atoms with Gasteiger partial charge in [0, 0.05) is 39.6 Å². The molecule has 6 rings (SSSR count). The first-order valence-electron chi connectivity index (χ1n) is 10.7. The minimum Gasteiger partial charge on any atom is -0.458 e. The number of Topliss-reactive ketones (excluding diaryl/α,β-unsaturated/α-hetero) is 1. The SMILES string of the molecule is O=C1C[C@H](c2cccs2)CC2=C1[C@@H](c1cc(=O)c3cc(Cl)ccc3o1)Nc1ccccc1N2. The smallest absolute Gasteiger partial charge is 0.193 e. The van der Waals surface area contributed by atoms with E-state index in [1.165, 1.54) is 10.9 Å². The van der Waals surface area contributed by atoms with Gasteiger partial charge in [-0.2, -0.15) is 0 Å². The van der Waals surface area contributed by atoms with E-state index >= 15 is 0 Å². The van der Waals surface area contributed by atoms with Gasteiger partial charge in [-0.25, -0.2) is 0 Å². The van der Waals surface area contributed by atoms with Crippen LogP contribution in [0.15, 0.2) is 86.5 Å². The minimum absolute atomic E-state index is 0.0475. The van der Waals surface area contributed by atoms with Crippen molar-refractivity contribution in [2.75, 3.05) is 10.6 Å². The van der Waals surface area contributed by atoms with Crippen molar-refractivity contribution in [1.29, 1.82) is 0 Å². The highest BCUT2D eigenvalue weighted by Gasteiger charge is 2.37. The number of ketones is 1. The van der Waals surface area contributed by atoms with Gasteiger partial charge >= 0.3 is 0 Å². The summed E-state index contributed by atoms with van der Waals surface area (Å²) in [6, 6.07) is 17.8. The third kappa shape index (κ3) is 3.56. The lowest BCUT2D eigenvalue weighted by atomic mass is 9.82. The number of benzene rings is 2. The number of hydrogen-bond donors (Lipinski definition) is 2. The molecule has 0 saturated heterocycles. The number of thiophene rings is 1. The van der Waals surface area contributed by atoms with Crippen molar-refractivity contribution < 1.29 is 9.21 Å². The minimum atomic E-state index is -0.583. The van der Waals surface area contributed by atoms with E-state index in [9.17, 15) is 9.59 Å². The second kappa shape index (κ2) is 7.90. The molecular formula is C26H19ClN2O3S. The summed E-state index contributed by atoms with van der Waals surface area (Å²) in [5.41, 5.74) is 3.47. The van der Waals surface area contributed by atoms with Crippen LogP contribution in [0.2, 0.25) is 5.02 Å². The molecule has 2 N–H and O–H groups in total. The van der Waals surface area contributed by atoms with E-state index in [0.717, 1.165) is 17.1 Å². The highest BCUT2D eigenvalue weighted by molar-refractivity contribution is 7.10. The lowest BCUT2D eigenvalue weighted by molar-refractivity contribution is -0.116. The Kier molecular flexibility index (Phi) is 4.85. The summed E-state index contributed by atoms with van der Waals surface area (Å²) in [5, 5.41) is 9.90. The molecule has 0 fully saturated rings. The van der Waals surface area contributed by atoms with Crippen LogP contribution in [0.5, 0.6) is 0 Å². The Morgan fingerprint density at radius 1 is 0.970 bits per heavy atom. The Bertz CT molecular complexity index is 1490. The number of halogens is 1. The topological polar surface area (TPSA) is 71.3 Å². The van der Waals surface area contributed by atoms with E-state index in [4.69, 9.17) is 16.0 Å². The molecule has 5 nitrogen and oxygen atoms in total. The Balaban J connectivity index is 1.52. The van der Waals surface area contributed by atoms with Gasteiger partial charge in [-0.15, -0.1) is 11.3 Å². The summed E-state index contributed by atoms with van der Waals surface area (Å²) >= 11 is 7.75. The molecule has 164 valence electrons. The predicted molar refractivity (Wildman–Crippen MR) is 132 cm³/mol. The third-order valence-corrected chi connectivity index (χ3v) is 7.52. The zero-order valence-electron chi connectivity index (χ0n) is 17.4. The van der Waals surface area contributed by atoms with E-state index in [0.29, 0.717) is 40.2 Å². The van der Waals surface area contributed by atoms with Crippen LogP contribution in [-0.4, -0.2) is 5.78 Å². The Morgan fingerprint density at radius 2 is 1.82 bits per heavy atom. The van der Waals surface area contributed by atoms with E-state index in [1.54, 1.807) is 29.5 Å². The Morgan fingerprint density at radius 3 is 2.64 bits per heavy atom. The largest absolute Gasteiger partial charge is 0.458 e. The number of para-hydroxylation sites is 2. The van der Waals surface area contributed by atoms with Crippen molar-refractivity contribution in [2.24, 2.45) is 0 Å². The van der Waals surface area contributed by atoms with Crippen LogP contribution in [0, 0.1) is 0 Å². The van der Waals surface area contributed by atoms with Crippen molar-refractivity contribution in [2.45, 2.75) is 24.8 Å². The molecule has 2 atom stereocenters. The molecule has 2 aromatic carbocycles. The number of rotatable bonds is 2. The molecule has 0 spiro atoms. The van der Waals surface area contributed by atoms with Crippen LogP contribution < -0.4 is 16.1 Å². The predicted octanol–water partition coefficient (Wildman–Crippen LogP) is 6.49. The first-order chi connectivity index (χ1) is 16.1. The maximum atomic E-state index is 13.5. The lowest BCUT2D eigenvalue weighted by Gasteiger charge is -2.28. The van der Waals surface area contributed by atoms with E-state index in [1.807, 2.05) is 35.7 Å². The zero-order valence-corrected chi connectivity index (χ0v) is 19.0. The molecule has 0 bridgehead atoms.